The molecule has 2 heterocycles. The van der Waals surface area contributed by atoms with Crippen LogP contribution in [0.1, 0.15) is 31.4 Å². The molecule has 0 saturated carbocycles. The molecule has 0 aliphatic carbocycles. The quantitative estimate of drug-likeness (QED) is 0.927. The summed E-state index contributed by atoms with van der Waals surface area (Å²) >= 11 is 0. The van der Waals surface area contributed by atoms with Gasteiger partial charge in [-0.3, -0.25) is 0 Å². The van der Waals surface area contributed by atoms with Crippen LogP contribution in [0.15, 0.2) is 42.6 Å². The zero-order valence-corrected chi connectivity index (χ0v) is 12.8. The van der Waals surface area contributed by atoms with Crippen LogP contribution in [0.4, 0.5) is 11.5 Å². The molecule has 0 unspecified atom stereocenters. The van der Waals surface area contributed by atoms with Gasteiger partial charge in [0.25, 0.3) is 0 Å². The van der Waals surface area contributed by atoms with Crippen LogP contribution in [-0.2, 0) is 13.0 Å². The molecule has 2 aromatic rings. The molecule has 1 aromatic heterocycles. The average molecular weight is 281 g/mol. The topological polar surface area (TPSA) is 28.2 Å². The number of anilines is 2. The van der Waals surface area contributed by atoms with Gasteiger partial charge in [-0.25, -0.2) is 4.98 Å². The van der Waals surface area contributed by atoms with E-state index in [1.807, 2.05) is 6.20 Å². The Morgan fingerprint density at radius 1 is 1.24 bits per heavy atom. The van der Waals surface area contributed by atoms with Crippen LogP contribution in [-0.4, -0.2) is 17.6 Å². The molecule has 0 bridgehead atoms. The Balaban J connectivity index is 1.86. The van der Waals surface area contributed by atoms with E-state index < -0.39 is 0 Å². The van der Waals surface area contributed by atoms with E-state index in [0.717, 1.165) is 18.9 Å². The third-order valence-corrected chi connectivity index (χ3v) is 3.91. The number of aryl methyl sites for hydroxylation is 1. The minimum Gasteiger partial charge on any atom is -0.326 e. The van der Waals surface area contributed by atoms with Crippen molar-refractivity contribution in [1.82, 2.24) is 10.3 Å². The van der Waals surface area contributed by atoms with E-state index in [9.17, 15) is 0 Å². The van der Waals surface area contributed by atoms with Crippen molar-refractivity contribution >= 4 is 11.5 Å². The van der Waals surface area contributed by atoms with Gasteiger partial charge < -0.3 is 10.2 Å². The first-order valence-electron chi connectivity index (χ1n) is 7.78. The Labute approximate surface area is 127 Å². The summed E-state index contributed by atoms with van der Waals surface area (Å²) in [6, 6.07) is 13.5. The van der Waals surface area contributed by atoms with Crippen molar-refractivity contribution in [2.45, 2.75) is 39.3 Å². The van der Waals surface area contributed by atoms with E-state index in [1.54, 1.807) is 0 Å². The lowest BCUT2D eigenvalue weighted by molar-refractivity contribution is 0.588. The van der Waals surface area contributed by atoms with E-state index in [4.69, 9.17) is 0 Å². The van der Waals surface area contributed by atoms with Crippen LogP contribution < -0.4 is 10.2 Å². The predicted molar refractivity (Wildman–Crippen MR) is 88.0 cm³/mol. The van der Waals surface area contributed by atoms with Crippen LogP contribution in [0.3, 0.4) is 0 Å². The Hall–Kier alpha value is -1.87. The lowest BCUT2D eigenvalue weighted by atomic mass is 10.0. The number of pyridine rings is 1. The van der Waals surface area contributed by atoms with E-state index >= 15 is 0 Å². The van der Waals surface area contributed by atoms with Crippen molar-refractivity contribution < 1.29 is 0 Å². The van der Waals surface area contributed by atoms with Crippen molar-refractivity contribution in [3.05, 3.63) is 53.7 Å². The Bertz CT molecular complexity index is 607. The van der Waals surface area contributed by atoms with Gasteiger partial charge in [-0.05, 0) is 42.2 Å². The molecular formula is C18H23N3. The summed E-state index contributed by atoms with van der Waals surface area (Å²) in [5, 5.41) is 3.46. The monoisotopic (exact) mass is 281 g/mol. The first kappa shape index (κ1) is 14.1. The second-order valence-electron chi connectivity index (χ2n) is 5.94. The summed E-state index contributed by atoms with van der Waals surface area (Å²) < 4.78 is 0. The first-order chi connectivity index (χ1) is 10.2. The van der Waals surface area contributed by atoms with Crippen LogP contribution in [0.5, 0.6) is 0 Å². The van der Waals surface area contributed by atoms with Crippen LogP contribution >= 0.6 is 0 Å². The fourth-order valence-corrected chi connectivity index (χ4v) is 2.81. The number of nitrogens with one attached hydrogen (secondary N) is 1. The highest BCUT2D eigenvalue weighted by molar-refractivity contribution is 5.65. The summed E-state index contributed by atoms with van der Waals surface area (Å²) in [6.07, 6.45) is 4.28. The van der Waals surface area contributed by atoms with Crippen LogP contribution in [0.2, 0.25) is 0 Å². The largest absolute Gasteiger partial charge is 0.326 e. The van der Waals surface area contributed by atoms with Gasteiger partial charge in [0.2, 0.25) is 0 Å². The molecule has 1 aliphatic rings. The fourth-order valence-electron chi connectivity index (χ4n) is 2.81. The molecule has 0 saturated heterocycles. The van der Waals surface area contributed by atoms with Gasteiger partial charge in [-0.2, -0.15) is 0 Å². The maximum absolute atomic E-state index is 4.59. The highest BCUT2D eigenvalue weighted by Crippen LogP contribution is 2.32. The van der Waals surface area contributed by atoms with Crippen molar-refractivity contribution in [2.75, 3.05) is 11.4 Å². The molecule has 0 atom stereocenters. The molecule has 3 heteroatoms. The minimum atomic E-state index is 0.498. The number of hydrogen-bond acceptors (Lipinski definition) is 3. The van der Waals surface area contributed by atoms with Crippen LogP contribution in [0, 0.1) is 0 Å². The summed E-state index contributed by atoms with van der Waals surface area (Å²) in [7, 11) is 0. The van der Waals surface area contributed by atoms with E-state index in [1.165, 1.54) is 29.7 Å². The van der Waals surface area contributed by atoms with Crippen molar-refractivity contribution in [3.8, 4) is 0 Å². The summed E-state index contributed by atoms with van der Waals surface area (Å²) in [6.45, 7) is 6.28. The van der Waals surface area contributed by atoms with E-state index in [2.05, 4.69) is 65.4 Å². The molecule has 110 valence electrons. The third kappa shape index (κ3) is 3.24. The molecule has 3 rings (SSSR count). The van der Waals surface area contributed by atoms with Crippen LogP contribution in [0.25, 0.3) is 0 Å². The highest BCUT2D eigenvalue weighted by Gasteiger charge is 2.18. The zero-order valence-electron chi connectivity index (χ0n) is 12.8. The number of hydrogen-bond donors (Lipinski definition) is 1. The number of nitrogens with zero attached hydrogens (tertiary/aromatic N) is 2. The number of rotatable bonds is 4. The molecule has 3 nitrogen and oxygen atoms in total. The molecular weight excluding hydrogens is 258 g/mol. The lowest BCUT2D eigenvalue weighted by Crippen LogP contribution is -2.26. The minimum absolute atomic E-state index is 0.498. The number of aromatic nitrogens is 1. The smallest absolute Gasteiger partial charge is 0.133 e. The molecule has 0 radical (unpaired) electrons. The first-order valence-corrected chi connectivity index (χ1v) is 7.78. The number of fused-ring (bicyclic) bond motifs is 1. The second-order valence-corrected chi connectivity index (χ2v) is 5.94. The Morgan fingerprint density at radius 2 is 2.10 bits per heavy atom. The standard InChI is InChI=1S/C18H23N3/c1-14(2)20-13-15-9-10-19-18(12-15)21-11-5-7-16-6-3-4-8-17(16)21/h3-4,6,8-10,12,14,20H,5,7,11,13H2,1-2H3. The van der Waals surface area contributed by atoms with Gasteiger partial charge >= 0.3 is 0 Å². The molecule has 0 amide bonds. The van der Waals surface area contributed by atoms with Gasteiger partial charge in [0, 0.05) is 31.0 Å². The lowest BCUT2D eigenvalue weighted by Gasteiger charge is -2.30. The Morgan fingerprint density at radius 3 is 2.95 bits per heavy atom. The van der Waals surface area contributed by atoms with Gasteiger partial charge in [0.1, 0.15) is 5.82 Å². The van der Waals surface area contributed by atoms with Gasteiger partial charge in [-0.1, -0.05) is 32.0 Å². The van der Waals surface area contributed by atoms with Crippen molar-refractivity contribution in [3.63, 3.8) is 0 Å². The molecule has 0 spiro atoms. The Kier molecular flexibility index (Phi) is 4.20. The van der Waals surface area contributed by atoms with Crippen molar-refractivity contribution in [1.29, 1.82) is 0 Å². The molecule has 0 fully saturated rings. The normalized spacial score (nSPS) is 14.3. The fraction of sp³-hybridized carbons (Fsp3) is 0.389. The molecule has 1 aliphatic heterocycles. The number of para-hydroxylation sites is 1. The number of benzene rings is 1. The third-order valence-electron chi connectivity index (χ3n) is 3.91. The summed E-state index contributed by atoms with van der Waals surface area (Å²) in [5.74, 6) is 1.06. The van der Waals surface area contributed by atoms with Gasteiger partial charge in [0.15, 0.2) is 0 Å². The maximum Gasteiger partial charge on any atom is 0.133 e. The van der Waals surface area contributed by atoms with E-state index in [0.29, 0.717) is 6.04 Å². The molecule has 1 aromatic carbocycles. The van der Waals surface area contributed by atoms with E-state index in [-0.39, 0.29) is 0 Å². The predicted octanol–water partition coefficient (Wildman–Crippen LogP) is 3.66. The van der Waals surface area contributed by atoms with Crippen molar-refractivity contribution in [2.24, 2.45) is 0 Å². The molecule has 21 heavy (non-hydrogen) atoms. The summed E-state index contributed by atoms with van der Waals surface area (Å²) in [4.78, 5) is 6.93. The second kappa shape index (κ2) is 6.27. The summed E-state index contributed by atoms with van der Waals surface area (Å²) in [5.41, 5.74) is 4.03. The average Bonchev–Trinajstić information content (AvgIpc) is 2.52. The maximum atomic E-state index is 4.59. The SMILES string of the molecule is CC(C)NCc1ccnc(N2CCCc3ccccc32)c1. The zero-order chi connectivity index (χ0) is 14.7. The highest BCUT2D eigenvalue weighted by atomic mass is 15.2. The molecule has 1 N–H and O–H groups in total. The van der Waals surface area contributed by atoms with Gasteiger partial charge in [-0.15, -0.1) is 0 Å². The van der Waals surface area contributed by atoms with Gasteiger partial charge in [0.05, 0.1) is 0 Å².